The highest BCUT2D eigenvalue weighted by Gasteiger charge is 2.65. The van der Waals surface area contributed by atoms with Crippen LogP contribution in [0.15, 0.2) is 24.3 Å². The fourth-order valence-corrected chi connectivity index (χ4v) is 5.39. The highest BCUT2D eigenvalue weighted by Crippen LogP contribution is 2.55. The predicted molar refractivity (Wildman–Crippen MR) is 98.3 cm³/mol. The van der Waals surface area contributed by atoms with E-state index in [0.29, 0.717) is 6.42 Å². The maximum atomic E-state index is 13.3. The molecule has 142 valence electrons. The number of ketones is 2. The molecule has 5 nitrogen and oxygen atoms in total. The SMILES string of the molecule is COC(=O)/C=C/[C@@H]1C[C@@H]2O[C@H]1[C@H]1C(=O)C(c3c(C)cc(C)cc3C)C(=O)[C@H]12. The van der Waals surface area contributed by atoms with Gasteiger partial charge >= 0.3 is 5.97 Å². The van der Waals surface area contributed by atoms with Crippen molar-refractivity contribution < 1.29 is 23.9 Å². The van der Waals surface area contributed by atoms with Crippen LogP contribution in [0.3, 0.4) is 0 Å². The summed E-state index contributed by atoms with van der Waals surface area (Å²) in [5.74, 6) is -1.92. The van der Waals surface area contributed by atoms with E-state index < -0.39 is 17.8 Å². The summed E-state index contributed by atoms with van der Waals surface area (Å²) >= 11 is 0. The molecular weight excluding hydrogens is 344 g/mol. The van der Waals surface area contributed by atoms with Crippen molar-refractivity contribution in [1.29, 1.82) is 0 Å². The van der Waals surface area contributed by atoms with Crippen molar-refractivity contribution in [2.75, 3.05) is 7.11 Å². The molecular formula is C22H24O5. The topological polar surface area (TPSA) is 69.7 Å². The van der Waals surface area contributed by atoms with Crippen molar-refractivity contribution in [1.82, 2.24) is 0 Å². The molecule has 0 aromatic heterocycles. The maximum absolute atomic E-state index is 13.3. The fourth-order valence-electron chi connectivity index (χ4n) is 5.39. The molecule has 3 aliphatic rings. The standard InChI is InChI=1S/C22H24O5/c1-10-7-11(2)16(12(3)8-10)18-20(24)17-14-9-13(5-6-15(23)26-4)22(27-14)19(17)21(18)25/h5-8,13-14,17-19,22H,9H2,1-4H3/b6-5+/t13-,14+,17+,18?,19-,22-/m1/s1. The second kappa shape index (κ2) is 6.41. The van der Waals surface area contributed by atoms with E-state index in [2.05, 4.69) is 4.74 Å². The molecule has 3 fully saturated rings. The molecule has 1 aliphatic carbocycles. The third-order valence-electron chi connectivity index (χ3n) is 6.33. The molecule has 1 unspecified atom stereocenters. The van der Waals surface area contributed by atoms with Crippen molar-refractivity contribution in [2.24, 2.45) is 17.8 Å². The molecule has 0 radical (unpaired) electrons. The molecule has 1 saturated carbocycles. The van der Waals surface area contributed by atoms with E-state index in [9.17, 15) is 14.4 Å². The Kier molecular flexibility index (Phi) is 4.30. The minimum absolute atomic E-state index is 0.00273. The van der Waals surface area contributed by atoms with Gasteiger partial charge in [-0.05, 0) is 43.9 Å². The van der Waals surface area contributed by atoms with Crippen molar-refractivity contribution in [3.05, 3.63) is 46.5 Å². The van der Waals surface area contributed by atoms with E-state index in [1.165, 1.54) is 13.2 Å². The number of rotatable bonds is 3. The van der Waals surface area contributed by atoms with Gasteiger partial charge in [-0.15, -0.1) is 0 Å². The van der Waals surface area contributed by atoms with Crippen LogP contribution in [0.5, 0.6) is 0 Å². The van der Waals surface area contributed by atoms with Crippen LogP contribution in [-0.2, 0) is 23.9 Å². The molecule has 5 heteroatoms. The zero-order valence-corrected chi connectivity index (χ0v) is 16.0. The molecule has 0 spiro atoms. The molecule has 0 N–H and O–H groups in total. The molecule has 6 atom stereocenters. The summed E-state index contributed by atoms with van der Waals surface area (Å²) in [7, 11) is 1.33. The minimum atomic E-state index is -0.683. The van der Waals surface area contributed by atoms with Gasteiger partial charge < -0.3 is 9.47 Å². The van der Waals surface area contributed by atoms with E-state index in [1.807, 2.05) is 32.9 Å². The normalized spacial score (nSPS) is 34.5. The van der Waals surface area contributed by atoms with Gasteiger partial charge in [-0.2, -0.15) is 0 Å². The van der Waals surface area contributed by atoms with E-state index in [0.717, 1.165) is 22.3 Å². The predicted octanol–water partition coefficient (Wildman–Crippen LogP) is 2.60. The van der Waals surface area contributed by atoms with Crippen LogP contribution in [0.25, 0.3) is 0 Å². The zero-order chi connectivity index (χ0) is 19.5. The number of benzene rings is 1. The van der Waals surface area contributed by atoms with Crippen molar-refractivity contribution in [2.45, 2.75) is 45.3 Å². The summed E-state index contributed by atoms with van der Waals surface area (Å²) in [6, 6.07) is 4.06. The average molecular weight is 368 g/mol. The van der Waals surface area contributed by atoms with Gasteiger partial charge in [-0.1, -0.05) is 23.8 Å². The first-order chi connectivity index (χ1) is 12.8. The highest BCUT2D eigenvalue weighted by molar-refractivity contribution is 6.17. The second-order valence-electron chi connectivity index (χ2n) is 8.02. The number of carbonyl (C=O) groups is 3. The molecule has 4 rings (SSSR count). The Hall–Kier alpha value is -2.27. The molecule has 2 heterocycles. The number of methoxy groups -OCH3 is 1. The van der Waals surface area contributed by atoms with Gasteiger partial charge in [-0.25, -0.2) is 4.79 Å². The molecule has 1 aromatic rings. The van der Waals surface area contributed by atoms with Gasteiger partial charge in [0.25, 0.3) is 0 Å². The largest absolute Gasteiger partial charge is 0.466 e. The molecule has 0 amide bonds. The van der Waals surface area contributed by atoms with E-state index in [1.54, 1.807) is 6.08 Å². The number of fused-ring (bicyclic) bond motifs is 5. The van der Waals surface area contributed by atoms with E-state index >= 15 is 0 Å². The van der Waals surface area contributed by atoms with E-state index in [4.69, 9.17) is 4.74 Å². The summed E-state index contributed by atoms with van der Waals surface area (Å²) in [4.78, 5) is 37.9. The first-order valence-corrected chi connectivity index (χ1v) is 9.40. The van der Waals surface area contributed by atoms with Gasteiger partial charge in [-0.3, -0.25) is 9.59 Å². The van der Waals surface area contributed by atoms with Crippen LogP contribution in [0, 0.1) is 38.5 Å². The van der Waals surface area contributed by atoms with Crippen LogP contribution in [0.2, 0.25) is 0 Å². The maximum Gasteiger partial charge on any atom is 0.330 e. The monoisotopic (exact) mass is 368 g/mol. The number of aryl methyl sites for hydroxylation is 3. The van der Waals surface area contributed by atoms with Crippen LogP contribution >= 0.6 is 0 Å². The lowest BCUT2D eigenvalue weighted by Crippen LogP contribution is -2.34. The number of esters is 1. The number of hydrogen-bond donors (Lipinski definition) is 0. The Labute approximate surface area is 158 Å². The number of Topliss-reactive ketones (excluding diaryl/α,β-unsaturated/α-hetero) is 2. The van der Waals surface area contributed by atoms with Crippen molar-refractivity contribution in [3.8, 4) is 0 Å². The fraction of sp³-hybridized carbons (Fsp3) is 0.500. The van der Waals surface area contributed by atoms with Crippen molar-refractivity contribution in [3.63, 3.8) is 0 Å². The van der Waals surface area contributed by atoms with Gasteiger partial charge in [0.15, 0.2) is 11.6 Å². The summed E-state index contributed by atoms with van der Waals surface area (Å²) in [6.45, 7) is 5.96. The summed E-state index contributed by atoms with van der Waals surface area (Å²) < 4.78 is 10.6. The molecule has 1 aromatic carbocycles. The van der Waals surface area contributed by atoms with Crippen molar-refractivity contribution >= 4 is 17.5 Å². The Morgan fingerprint density at radius 1 is 1.11 bits per heavy atom. The molecule has 2 bridgehead atoms. The second-order valence-corrected chi connectivity index (χ2v) is 8.02. The Morgan fingerprint density at radius 3 is 2.37 bits per heavy atom. The van der Waals surface area contributed by atoms with Gasteiger partial charge in [0.1, 0.15) is 5.92 Å². The smallest absolute Gasteiger partial charge is 0.330 e. The van der Waals surface area contributed by atoms with Crippen LogP contribution in [0.1, 0.15) is 34.6 Å². The first-order valence-electron chi connectivity index (χ1n) is 9.40. The number of hydrogen-bond acceptors (Lipinski definition) is 5. The highest BCUT2D eigenvalue weighted by atomic mass is 16.5. The molecule has 2 saturated heterocycles. The van der Waals surface area contributed by atoms with E-state index in [-0.39, 0.29) is 35.6 Å². The third kappa shape index (κ3) is 2.67. The quantitative estimate of drug-likeness (QED) is 0.466. The first kappa shape index (κ1) is 18.1. The Bertz CT molecular complexity index is 844. The lowest BCUT2D eigenvalue weighted by molar-refractivity contribution is -0.135. The summed E-state index contributed by atoms with van der Waals surface area (Å²) in [5.41, 5.74) is 3.98. The van der Waals surface area contributed by atoms with Crippen LogP contribution in [-0.4, -0.2) is 36.9 Å². The Morgan fingerprint density at radius 2 is 1.74 bits per heavy atom. The number of carbonyl (C=O) groups excluding carboxylic acids is 3. The van der Waals surface area contributed by atoms with Crippen LogP contribution in [0.4, 0.5) is 0 Å². The average Bonchev–Trinajstić information content (AvgIpc) is 3.25. The third-order valence-corrected chi connectivity index (χ3v) is 6.33. The summed E-state index contributed by atoms with van der Waals surface area (Å²) in [6.07, 6.45) is 3.25. The molecule has 2 aliphatic heterocycles. The Balaban J connectivity index is 1.65. The summed E-state index contributed by atoms with van der Waals surface area (Å²) in [5, 5.41) is 0. The van der Waals surface area contributed by atoms with Gasteiger partial charge in [0, 0.05) is 12.0 Å². The lowest BCUT2D eigenvalue weighted by Gasteiger charge is -2.23. The number of ether oxygens (including phenoxy) is 2. The zero-order valence-electron chi connectivity index (χ0n) is 16.0. The van der Waals surface area contributed by atoms with Gasteiger partial charge in [0.2, 0.25) is 0 Å². The lowest BCUT2D eigenvalue weighted by atomic mass is 9.75. The molecule has 27 heavy (non-hydrogen) atoms. The van der Waals surface area contributed by atoms with Gasteiger partial charge in [0.05, 0.1) is 31.2 Å². The van der Waals surface area contributed by atoms with Crippen LogP contribution < -0.4 is 0 Å². The minimum Gasteiger partial charge on any atom is -0.466 e.